The van der Waals surface area contributed by atoms with E-state index in [4.69, 9.17) is 0 Å². The highest BCUT2D eigenvalue weighted by Gasteiger charge is 2.06. The molecular weight excluding hydrogens is 156 g/mol. The second kappa shape index (κ2) is 10.1. The normalized spacial score (nSPS) is 13.2. The smallest absolute Gasteiger partial charge is 0.0412 e. The monoisotopic (exact) mass is 183 g/mol. The minimum Gasteiger partial charge on any atom is -0.0654 e. The molecule has 0 aliphatic heterocycles. The fourth-order valence-electron chi connectivity index (χ4n) is 1.89. The summed E-state index contributed by atoms with van der Waals surface area (Å²) in [6.07, 6.45) is 13.6. The van der Waals surface area contributed by atoms with Crippen LogP contribution in [0.15, 0.2) is 0 Å². The van der Waals surface area contributed by atoms with Gasteiger partial charge in [0.15, 0.2) is 0 Å². The largest absolute Gasteiger partial charge is 0.0654 e. The highest BCUT2D eigenvalue weighted by Crippen LogP contribution is 2.21. The van der Waals surface area contributed by atoms with Gasteiger partial charge in [-0.3, -0.25) is 0 Å². The van der Waals surface area contributed by atoms with Crippen LogP contribution in [0.2, 0.25) is 0 Å². The van der Waals surface area contributed by atoms with E-state index < -0.39 is 0 Å². The molecule has 0 aromatic heterocycles. The van der Waals surface area contributed by atoms with Gasteiger partial charge in [-0.05, 0) is 18.8 Å². The Labute approximate surface area is 85.1 Å². The van der Waals surface area contributed by atoms with Crippen molar-refractivity contribution in [2.75, 3.05) is 0 Å². The summed E-state index contributed by atoms with van der Waals surface area (Å²) in [6.45, 7) is 6.77. The third-order valence-corrected chi connectivity index (χ3v) is 2.75. The molecule has 1 unspecified atom stereocenters. The molecule has 0 saturated carbocycles. The van der Waals surface area contributed by atoms with Crippen molar-refractivity contribution in [1.82, 2.24) is 0 Å². The molecule has 0 aliphatic carbocycles. The SMILES string of the molecule is C[CH]CC(CCCC)CCCCC. The quantitative estimate of drug-likeness (QED) is 0.442. The third kappa shape index (κ3) is 8.33. The first-order chi connectivity index (χ1) is 6.35. The summed E-state index contributed by atoms with van der Waals surface area (Å²) in [7, 11) is 0. The van der Waals surface area contributed by atoms with Crippen LogP contribution in [-0.4, -0.2) is 0 Å². The summed E-state index contributed by atoms with van der Waals surface area (Å²) in [5.74, 6) is 0.983. The topological polar surface area (TPSA) is 0 Å². The lowest BCUT2D eigenvalue weighted by molar-refractivity contribution is 0.410. The molecule has 0 N–H and O–H groups in total. The summed E-state index contributed by atoms with van der Waals surface area (Å²) in [6, 6.07) is 0. The maximum Gasteiger partial charge on any atom is -0.0412 e. The van der Waals surface area contributed by atoms with Crippen molar-refractivity contribution in [2.45, 2.75) is 72.1 Å². The van der Waals surface area contributed by atoms with Crippen LogP contribution in [0.5, 0.6) is 0 Å². The first-order valence-corrected chi connectivity index (χ1v) is 6.12. The van der Waals surface area contributed by atoms with Gasteiger partial charge in [0.1, 0.15) is 0 Å². The fraction of sp³-hybridized carbons (Fsp3) is 0.923. The zero-order chi connectivity index (χ0) is 9.94. The second-order valence-corrected chi connectivity index (χ2v) is 4.15. The minimum atomic E-state index is 0.983. The van der Waals surface area contributed by atoms with E-state index in [0.29, 0.717) is 0 Å². The van der Waals surface area contributed by atoms with Crippen LogP contribution in [0, 0.1) is 12.3 Å². The molecule has 1 radical (unpaired) electrons. The molecule has 0 bridgehead atoms. The van der Waals surface area contributed by atoms with Crippen LogP contribution in [0.1, 0.15) is 72.1 Å². The maximum absolute atomic E-state index is 2.34. The molecule has 0 aliphatic rings. The zero-order valence-electron chi connectivity index (χ0n) is 9.81. The average Bonchev–Trinajstić information content (AvgIpc) is 2.14. The molecule has 0 rings (SSSR count). The highest BCUT2D eigenvalue weighted by atomic mass is 14.1. The van der Waals surface area contributed by atoms with Gasteiger partial charge >= 0.3 is 0 Å². The predicted octanol–water partition coefficient (Wildman–Crippen LogP) is 4.99. The summed E-state index contributed by atoms with van der Waals surface area (Å²) in [5, 5.41) is 0. The third-order valence-electron chi connectivity index (χ3n) is 2.75. The lowest BCUT2D eigenvalue weighted by Crippen LogP contribution is -2.00. The zero-order valence-corrected chi connectivity index (χ0v) is 9.81. The summed E-state index contributed by atoms with van der Waals surface area (Å²) in [5.41, 5.74) is 0. The Morgan fingerprint density at radius 1 is 0.923 bits per heavy atom. The highest BCUT2D eigenvalue weighted by molar-refractivity contribution is 4.67. The van der Waals surface area contributed by atoms with E-state index in [9.17, 15) is 0 Å². The number of rotatable bonds is 9. The summed E-state index contributed by atoms with van der Waals surface area (Å²) in [4.78, 5) is 0. The molecule has 0 heteroatoms. The number of unbranched alkanes of at least 4 members (excludes halogenated alkanes) is 3. The molecule has 0 spiro atoms. The maximum atomic E-state index is 2.34. The summed E-state index contributed by atoms with van der Waals surface area (Å²) >= 11 is 0. The predicted molar refractivity (Wildman–Crippen MR) is 61.7 cm³/mol. The summed E-state index contributed by atoms with van der Waals surface area (Å²) < 4.78 is 0. The standard InChI is InChI=1S/C13H27/c1-4-7-9-12-13(10-6-3)11-8-5-2/h6,13H,4-5,7-12H2,1-3H3. The van der Waals surface area contributed by atoms with Crippen molar-refractivity contribution in [1.29, 1.82) is 0 Å². The van der Waals surface area contributed by atoms with Gasteiger partial charge < -0.3 is 0 Å². The molecule has 0 amide bonds. The van der Waals surface area contributed by atoms with Gasteiger partial charge in [-0.1, -0.05) is 65.7 Å². The Bertz CT molecular complexity index is 86.0. The van der Waals surface area contributed by atoms with E-state index in [2.05, 4.69) is 27.2 Å². The van der Waals surface area contributed by atoms with Gasteiger partial charge in [-0.2, -0.15) is 0 Å². The van der Waals surface area contributed by atoms with Crippen LogP contribution < -0.4 is 0 Å². The van der Waals surface area contributed by atoms with Gasteiger partial charge in [0.2, 0.25) is 0 Å². The van der Waals surface area contributed by atoms with Crippen LogP contribution in [0.3, 0.4) is 0 Å². The van der Waals surface area contributed by atoms with Crippen LogP contribution in [0.4, 0.5) is 0 Å². The molecule has 0 saturated heterocycles. The van der Waals surface area contributed by atoms with E-state index in [-0.39, 0.29) is 0 Å². The number of hydrogen-bond donors (Lipinski definition) is 0. The van der Waals surface area contributed by atoms with Crippen molar-refractivity contribution in [3.05, 3.63) is 6.42 Å². The molecule has 0 fully saturated rings. The Balaban J connectivity index is 3.41. The molecule has 0 nitrogen and oxygen atoms in total. The number of hydrogen-bond acceptors (Lipinski definition) is 0. The van der Waals surface area contributed by atoms with Crippen molar-refractivity contribution in [2.24, 2.45) is 5.92 Å². The van der Waals surface area contributed by atoms with Gasteiger partial charge in [0, 0.05) is 0 Å². The molecule has 79 valence electrons. The minimum absolute atomic E-state index is 0.983. The Hall–Kier alpha value is 0. The van der Waals surface area contributed by atoms with Crippen LogP contribution >= 0.6 is 0 Å². The van der Waals surface area contributed by atoms with E-state index in [1.54, 1.807) is 0 Å². The van der Waals surface area contributed by atoms with Gasteiger partial charge in [-0.15, -0.1) is 0 Å². The first-order valence-electron chi connectivity index (χ1n) is 6.12. The molecule has 0 aromatic rings. The van der Waals surface area contributed by atoms with Gasteiger partial charge in [-0.25, -0.2) is 0 Å². The molecule has 1 atom stereocenters. The second-order valence-electron chi connectivity index (χ2n) is 4.15. The fourth-order valence-corrected chi connectivity index (χ4v) is 1.89. The Morgan fingerprint density at radius 2 is 1.54 bits per heavy atom. The first kappa shape index (κ1) is 13.0. The lowest BCUT2D eigenvalue weighted by atomic mass is 9.92. The van der Waals surface area contributed by atoms with E-state index >= 15 is 0 Å². The van der Waals surface area contributed by atoms with Gasteiger partial charge in [0.05, 0.1) is 0 Å². The molecular formula is C13H27. The Kier molecular flexibility index (Phi) is 10.1. The van der Waals surface area contributed by atoms with Crippen LogP contribution in [-0.2, 0) is 0 Å². The van der Waals surface area contributed by atoms with E-state index in [1.165, 1.54) is 51.4 Å². The average molecular weight is 183 g/mol. The van der Waals surface area contributed by atoms with Crippen LogP contribution in [0.25, 0.3) is 0 Å². The molecule has 0 heterocycles. The van der Waals surface area contributed by atoms with Crippen molar-refractivity contribution >= 4 is 0 Å². The molecule has 13 heavy (non-hydrogen) atoms. The Morgan fingerprint density at radius 3 is 2.08 bits per heavy atom. The van der Waals surface area contributed by atoms with E-state index in [0.717, 1.165) is 5.92 Å². The lowest BCUT2D eigenvalue weighted by Gasteiger charge is -2.14. The van der Waals surface area contributed by atoms with Gasteiger partial charge in [0.25, 0.3) is 0 Å². The molecule has 0 aromatic carbocycles. The van der Waals surface area contributed by atoms with Crippen molar-refractivity contribution in [3.8, 4) is 0 Å². The van der Waals surface area contributed by atoms with E-state index in [1.807, 2.05) is 0 Å². The van der Waals surface area contributed by atoms with Crippen molar-refractivity contribution < 1.29 is 0 Å². The van der Waals surface area contributed by atoms with Crippen molar-refractivity contribution in [3.63, 3.8) is 0 Å².